The summed E-state index contributed by atoms with van der Waals surface area (Å²) < 4.78 is 1.40. The molecule has 0 atom stereocenters. The summed E-state index contributed by atoms with van der Waals surface area (Å²) in [6, 6.07) is 3.25. The number of unbranched alkanes of at least 4 members (excludes halogenated alkanes) is 2. The first-order valence-electron chi connectivity index (χ1n) is 5.73. The lowest BCUT2D eigenvalue weighted by atomic mass is 10.2. The van der Waals surface area contributed by atoms with Gasteiger partial charge in [0.2, 0.25) is 0 Å². The Morgan fingerprint density at radius 2 is 2.22 bits per heavy atom. The largest absolute Gasteiger partial charge is 0.480 e. The molecule has 1 aromatic rings. The fraction of sp³-hybridized carbons (Fsp3) is 0.385. The molecule has 1 rings (SSSR count). The minimum Gasteiger partial charge on any atom is -0.480 e. The average molecular weight is 248 g/mol. The molecule has 0 saturated carbocycles. The lowest BCUT2D eigenvalue weighted by Gasteiger charge is -2.07. The highest BCUT2D eigenvalue weighted by molar-refractivity contribution is 5.93. The van der Waals surface area contributed by atoms with Crippen LogP contribution in [0, 0.1) is 12.3 Å². The smallest absolute Gasteiger partial charge is 0.323 e. The molecule has 0 aliphatic carbocycles. The SMILES string of the molecule is C#CCCCCNC(=O)c1cccn1CC(=O)O. The average Bonchev–Trinajstić information content (AvgIpc) is 2.76. The molecule has 1 aromatic heterocycles. The topological polar surface area (TPSA) is 71.3 Å². The zero-order chi connectivity index (χ0) is 13.4. The Bertz CT molecular complexity index is 457. The van der Waals surface area contributed by atoms with Gasteiger partial charge in [-0.3, -0.25) is 9.59 Å². The molecular weight excluding hydrogens is 232 g/mol. The van der Waals surface area contributed by atoms with Crippen molar-refractivity contribution in [3.63, 3.8) is 0 Å². The number of carboxylic acid groups (broad SMARTS) is 1. The number of aliphatic carboxylic acids is 1. The number of rotatable bonds is 7. The predicted octanol–water partition coefficient (Wildman–Crippen LogP) is 1.11. The summed E-state index contributed by atoms with van der Waals surface area (Å²) in [7, 11) is 0. The highest BCUT2D eigenvalue weighted by Crippen LogP contribution is 2.02. The lowest BCUT2D eigenvalue weighted by Crippen LogP contribution is -2.27. The summed E-state index contributed by atoms with van der Waals surface area (Å²) in [5.74, 6) is 1.29. The van der Waals surface area contributed by atoms with Gasteiger partial charge in [0.05, 0.1) is 0 Å². The van der Waals surface area contributed by atoms with Crippen molar-refractivity contribution in [3.05, 3.63) is 24.0 Å². The van der Waals surface area contributed by atoms with Gasteiger partial charge in [0.25, 0.3) is 5.91 Å². The number of hydrogen-bond acceptors (Lipinski definition) is 2. The summed E-state index contributed by atoms with van der Waals surface area (Å²) in [6.07, 6.45) is 9.07. The lowest BCUT2D eigenvalue weighted by molar-refractivity contribution is -0.137. The molecule has 96 valence electrons. The third kappa shape index (κ3) is 4.34. The molecular formula is C13H16N2O3. The van der Waals surface area contributed by atoms with Crippen LogP contribution in [0.25, 0.3) is 0 Å². The summed E-state index contributed by atoms with van der Waals surface area (Å²) in [5, 5.41) is 11.4. The number of aromatic nitrogens is 1. The van der Waals surface area contributed by atoms with Crippen molar-refractivity contribution in [2.75, 3.05) is 6.54 Å². The van der Waals surface area contributed by atoms with Crippen LogP contribution in [0.15, 0.2) is 18.3 Å². The molecule has 5 nitrogen and oxygen atoms in total. The number of nitrogens with zero attached hydrogens (tertiary/aromatic N) is 1. The van der Waals surface area contributed by atoms with Gasteiger partial charge in [-0.15, -0.1) is 12.3 Å². The Morgan fingerprint density at radius 1 is 1.44 bits per heavy atom. The van der Waals surface area contributed by atoms with Gasteiger partial charge in [-0.2, -0.15) is 0 Å². The summed E-state index contributed by atoms with van der Waals surface area (Å²) in [4.78, 5) is 22.4. The van der Waals surface area contributed by atoms with Gasteiger partial charge in [0.15, 0.2) is 0 Å². The second-order valence-electron chi connectivity index (χ2n) is 3.83. The number of terminal acetylenes is 1. The second-order valence-corrected chi connectivity index (χ2v) is 3.83. The summed E-state index contributed by atoms with van der Waals surface area (Å²) in [6.45, 7) is 0.325. The number of nitrogens with one attached hydrogen (secondary N) is 1. The Balaban J connectivity index is 2.44. The van der Waals surface area contributed by atoms with Gasteiger partial charge in [0, 0.05) is 19.2 Å². The van der Waals surface area contributed by atoms with Crippen molar-refractivity contribution < 1.29 is 14.7 Å². The van der Waals surface area contributed by atoms with Gasteiger partial charge < -0.3 is 15.0 Å². The Labute approximate surface area is 106 Å². The van der Waals surface area contributed by atoms with E-state index < -0.39 is 5.97 Å². The van der Waals surface area contributed by atoms with Gasteiger partial charge in [0.1, 0.15) is 12.2 Å². The quantitative estimate of drug-likeness (QED) is 0.561. The van der Waals surface area contributed by atoms with E-state index in [9.17, 15) is 9.59 Å². The maximum Gasteiger partial charge on any atom is 0.323 e. The van der Waals surface area contributed by atoms with Crippen molar-refractivity contribution in [1.82, 2.24) is 9.88 Å². The molecule has 0 aromatic carbocycles. The molecule has 0 radical (unpaired) electrons. The number of carboxylic acids is 1. The zero-order valence-corrected chi connectivity index (χ0v) is 10.1. The molecule has 0 spiro atoms. The second kappa shape index (κ2) is 7.17. The molecule has 1 heterocycles. The van der Waals surface area contributed by atoms with Crippen molar-refractivity contribution in [3.8, 4) is 12.3 Å². The molecule has 5 heteroatoms. The first kappa shape index (κ1) is 13.8. The van der Waals surface area contributed by atoms with Gasteiger partial charge in [-0.25, -0.2) is 0 Å². The molecule has 0 aliphatic heterocycles. The number of hydrogen-bond donors (Lipinski definition) is 2. The van der Waals surface area contributed by atoms with Gasteiger partial charge in [-0.1, -0.05) is 0 Å². The third-order valence-electron chi connectivity index (χ3n) is 2.40. The van der Waals surface area contributed by atoms with Crippen molar-refractivity contribution in [2.24, 2.45) is 0 Å². The van der Waals surface area contributed by atoms with E-state index in [0.29, 0.717) is 18.7 Å². The molecule has 0 fully saturated rings. The van der Waals surface area contributed by atoms with E-state index in [2.05, 4.69) is 11.2 Å². The Hall–Kier alpha value is -2.22. The molecule has 0 unspecified atom stereocenters. The Kier molecular flexibility index (Phi) is 5.52. The van der Waals surface area contributed by atoms with E-state index >= 15 is 0 Å². The van der Waals surface area contributed by atoms with Crippen LogP contribution in [0.5, 0.6) is 0 Å². The highest BCUT2D eigenvalue weighted by Gasteiger charge is 2.11. The molecule has 1 amide bonds. The van der Waals surface area contributed by atoms with Gasteiger partial charge >= 0.3 is 5.97 Å². The van der Waals surface area contributed by atoms with E-state index in [1.165, 1.54) is 4.57 Å². The van der Waals surface area contributed by atoms with E-state index in [1.54, 1.807) is 18.3 Å². The van der Waals surface area contributed by atoms with E-state index in [4.69, 9.17) is 11.5 Å². The molecule has 18 heavy (non-hydrogen) atoms. The fourth-order valence-corrected chi connectivity index (χ4v) is 1.55. The number of carbonyl (C=O) groups is 2. The molecule has 0 aliphatic rings. The normalized spacial score (nSPS) is 9.72. The van der Waals surface area contributed by atoms with Crippen LogP contribution in [0.4, 0.5) is 0 Å². The van der Waals surface area contributed by atoms with E-state index in [0.717, 1.165) is 12.8 Å². The van der Waals surface area contributed by atoms with Crippen molar-refractivity contribution in [1.29, 1.82) is 0 Å². The van der Waals surface area contributed by atoms with Crippen molar-refractivity contribution in [2.45, 2.75) is 25.8 Å². The van der Waals surface area contributed by atoms with Crippen LogP contribution in [0.2, 0.25) is 0 Å². The summed E-state index contributed by atoms with van der Waals surface area (Å²) >= 11 is 0. The standard InChI is InChI=1S/C13H16N2O3/c1-2-3-4-5-8-14-13(18)11-7-6-9-15(11)10-12(16)17/h1,6-7,9H,3-5,8,10H2,(H,14,18)(H,16,17). The van der Waals surface area contributed by atoms with Crippen LogP contribution in [0.1, 0.15) is 29.8 Å². The van der Waals surface area contributed by atoms with E-state index in [-0.39, 0.29) is 12.5 Å². The van der Waals surface area contributed by atoms with Gasteiger partial charge in [-0.05, 0) is 25.0 Å². The monoisotopic (exact) mass is 248 g/mol. The van der Waals surface area contributed by atoms with E-state index in [1.807, 2.05) is 0 Å². The predicted molar refractivity (Wildman–Crippen MR) is 67.1 cm³/mol. The first-order chi connectivity index (χ1) is 8.65. The first-order valence-corrected chi connectivity index (χ1v) is 5.73. The van der Waals surface area contributed by atoms with Crippen LogP contribution in [0.3, 0.4) is 0 Å². The summed E-state index contributed by atoms with van der Waals surface area (Å²) in [5.41, 5.74) is 0.356. The minimum absolute atomic E-state index is 0.215. The fourth-order valence-electron chi connectivity index (χ4n) is 1.55. The molecule has 2 N–H and O–H groups in total. The number of amides is 1. The van der Waals surface area contributed by atoms with Crippen molar-refractivity contribution >= 4 is 11.9 Å². The molecule has 0 bridgehead atoms. The van der Waals surface area contributed by atoms with Crippen LogP contribution in [-0.2, 0) is 11.3 Å². The maximum atomic E-state index is 11.8. The Morgan fingerprint density at radius 3 is 2.89 bits per heavy atom. The molecule has 0 saturated heterocycles. The highest BCUT2D eigenvalue weighted by atomic mass is 16.4. The van der Waals surface area contributed by atoms with Crippen LogP contribution in [-0.4, -0.2) is 28.1 Å². The van der Waals surface area contributed by atoms with Crippen LogP contribution >= 0.6 is 0 Å². The number of carbonyl (C=O) groups excluding carboxylic acids is 1. The van der Waals surface area contributed by atoms with Crippen LogP contribution < -0.4 is 5.32 Å². The minimum atomic E-state index is -0.978. The zero-order valence-electron chi connectivity index (χ0n) is 10.1. The third-order valence-corrected chi connectivity index (χ3v) is 2.40. The maximum absolute atomic E-state index is 11.8.